The third kappa shape index (κ3) is 5.18. The number of hydrogen-bond acceptors (Lipinski definition) is 4. The number of alkyl halides is 3. The third-order valence-corrected chi connectivity index (χ3v) is 6.02. The van der Waals surface area contributed by atoms with Crippen LogP contribution in [0.3, 0.4) is 0 Å². The van der Waals surface area contributed by atoms with Crippen LogP contribution < -0.4 is 10.6 Å². The molecule has 0 saturated carbocycles. The summed E-state index contributed by atoms with van der Waals surface area (Å²) in [6.07, 6.45) is -3.13. The van der Waals surface area contributed by atoms with Crippen molar-refractivity contribution in [2.45, 2.75) is 36.9 Å². The lowest BCUT2D eigenvalue weighted by atomic mass is 10.2. The fourth-order valence-electron chi connectivity index (χ4n) is 2.80. The van der Waals surface area contributed by atoms with Gasteiger partial charge in [-0.15, -0.1) is 0 Å². The molecule has 146 valence electrons. The number of carbonyl (C=O) groups is 1. The van der Waals surface area contributed by atoms with E-state index in [1.54, 1.807) is 5.32 Å². The van der Waals surface area contributed by atoms with Gasteiger partial charge in [-0.3, -0.25) is 4.79 Å². The van der Waals surface area contributed by atoms with Gasteiger partial charge in [-0.2, -0.15) is 17.5 Å². The topological polar surface area (TPSA) is 78.5 Å². The maximum Gasteiger partial charge on any atom is 0.405 e. The molecule has 0 aliphatic carbocycles. The lowest BCUT2D eigenvalue weighted by Crippen LogP contribution is -2.42. The minimum Gasteiger partial charge on any atom is -0.343 e. The quantitative estimate of drug-likeness (QED) is 0.740. The second-order valence-corrected chi connectivity index (χ2v) is 7.98. The predicted octanol–water partition coefficient (Wildman–Crippen LogP) is 1.74. The number of nitrogens with one attached hydrogen (secondary N) is 2. The molecule has 1 aromatic rings. The predicted molar refractivity (Wildman–Crippen MR) is 90.3 cm³/mol. The van der Waals surface area contributed by atoms with Crippen molar-refractivity contribution in [3.8, 4) is 0 Å². The molecule has 10 heteroatoms. The Balaban J connectivity index is 2.15. The van der Waals surface area contributed by atoms with Crippen LogP contribution in [0.4, 0.5) is 13.2 Å². The second-order valence-electron chi connectivity index (χ2n) is 6.08. The van der Waals surface area contributed by atoms with Crippen LogP contribution in [-0.4, -0.2) is 57.0 Å². The van der Waals surface area contributed by atoms with Crippen molar-refractivity contribution in [3.05, 3.63) is 29.8 Å². The molecule has 1 aliphatic rings. The van der Waals surface area contributed by atoms with E-state index in [0.717, 1.165) is 13.0 Å². The highest BCUT2D eigenvalue weighted by molar-refractivity contribution is 7.89. The number of rotatable bonds is 7. The van der Waals surface area contributed by atoms with Crippen LogP contribution in [0.1, 0.15) is 30.1 Å². The fraction of sp³-hybridized carbons (Fsp3) is 0.562. The third-order valence-electron chi connectivity index (χ3n) is 4.06. The summed E-state index contributed by atoms with van der Waals surface area (Å²) >= 11 is 0. The van der Waals surface area contributed by atoms with Gasteiger partial charge in [-0.25, -0.2) is 8.42 Å². The Bertz CT molecular complexity index is 714. The molecule has 1 unspecified atom stereocenters. The largest absolute Gasteiger partial charge is 0.405 e. The first-order chi connectivity index (χ1) is 12.1. The molecule has 0 radical (unpaired) electrons. The van der Waals surface area contributed by atoms with Gasteiger partial charge in [0.2, 0.25) is 10.0 Å². The van der Waals surface area contributed by atoms with Crippen molar-refractivity contribution >= 4 is 15.9 Å². The number of nitrogens with zero attached hydrogens (tertiary/aromatic N) is 1. The maximum absolute atomic E-state index is 12.9. The summed E-state index contributed by atoms with van der Waals surface area (Å²) in [5.41, 5.74) is -0.0298. The van der Waals surface area contributed by atoms with Crippen LogP contribution in [0.15, 0.2) is 29.2 Å². The van der Waals surface area contributed by atoms with Gasteiger partial charge >= 0.3 is 6.18 Å². The molecule has 0 bridgehead atoms. The standard InChI is InChI=1S/C16H22F3N3O3S/c1-2-9-22(13-7-8-20-10-13)26(24,25)14-5-3-12(4-6-14)15(23)21-11-16(17,18)19/h3-6,13,20H,2,7-11H2,1H3,(H,21,23). The summed E-state index contributed by atoms with van der Waals surface area (Å²) in [6.45, 7) is 2.15. The summed E-state index contributed by atoms with van der Waals surface area (Å²) in [5, 5.41) is 4.89. The van der Waals surface area contributed by atoms with Gasteiger partial charge in [0.1, 0.15) is 6.54 Å². The van der Waals surface area contributed by atoms with Crippen LogP contribution in [0.2, 0.25) is 0 Å². The Kier molecular flexibility index (Phi) is 6.64. The van der Waals surface area contributed by atoms with Crippen molar-refractivity contribution in [2.75, 3.05) is 26.2 Å². The van der Waals surface area contributed by atoms with E-state index in [9.17, 15) is 26.4 Å². The van der Waals surface area contributed by atoms with E-state index in [-0.39, 0.29) is 16.5 Å². The molecule has 1 heterocycles. The van der Waals surface area contributed by atoms with E-state index < -0.39 is 28.7 Å². The molecule has 0 aromatic heterocycles. The molecule has 1 atom stereocenters. The summed E-state index contributed by atoms with van der Waals surface area (Å²) in [7, 11) is -3.74. The molecule has 26 heavy (non-hydrogen) atoms. The van der Waals surface area contributed by atoms with Gasteiger partial charge in [0.05, 0.1) is 4.90 Å². The highest BCUT2D eigenvalue weighted by Crippen LogP contribution is 2.22. The van der Waals surface area contributed by atoms with Crippen molar-refractivity contribution in [2.24, 2.45) is 0 Å². The van der Waals surface area contributed by atoms with Gasteiger partial charge in [0.25, 0.3) is 5.91 Å². The SMILES string of the molecule is CCCN(C1CCNC1)S(=O)(=O)c1ccc(C(=O)NCC(F)(F)F)cc1. The maximum atomic E-state index is 12.9. The van der Waals surface area contributed by atoms with Crippen molar-refractivity contribution < 1.29 is 26.4 Å². The molecule has 1 aliphatic heterocycles. The number of hydrogen-bond donors (Lipinski definition) is 2. The van der Waals surface area contributed by atoms with Crippen molar-refractivity contribution in [1.82, 2.24) is 14.9 Å². The first-order valence-electron chi connectivity index (χ1n) is 8.32. The van der Waals surface area contributed by atoms with E-state index in [4.69, 9.17) is 0 Å². The Morgan fingerprint density at radius 2 is 1.96 bits per heavy atom. The highest BCUT2D eigenvalue weighted by atomic mass is 32.2. The minimum atomic E-state index is -4.51. The van der Waals surface area contributed by atoms with Gasteiger partial charge in [0, 0.05) is 24.7 Å². The zero-order chi connectivity index (χ0) is 19.4. The first-order valence-corrected chi connectivity index (χ1v) is 9.76. The Morgan fingerprint density at radius 1 is 1.31 bits per heavy atom. The lowest BCUT2D eigenvalue weighted by Gasteiger charge is -2.27. The molecule has 6 nitrogen and oxygen atoms in total. The summed E-state index contributed by atoms with van der Waals surface area (Å²) < 4.78 is 63.7. The van der Waals surface area contributed by atoms with Gasteiger partial charge in [-0.05, 0) is 43.7 Å². The van der Waals surface area contributed by atoms with E-state index >= 15 is 0 Å². The lowest BCUT2D eigenvalue weighted by molar-refractivity contribution is -0.123. The van der Waals surface area contributed by atoms with Crippen LogP contribution in [0, 0.1) is 0 Å². The highest BCUT2D eigenvalue weighted by Gasteiger charge is 2.33. The van der Waals surface area contributed by atoms with Gasteiger partial charge in [-0.1, -0.05) is 6.92 Å². The minimum absolute atomic E-state index is 0.0187. The summed E-state index contributed by atoms with van der Waals surface area (Å²) in [6, 6.07) is 4.81. The van der Waals surface area contributed by atoms with Crippen LogP contribution in [-0.2, 0) is 10.0 Å². The van der Waals surface area contributed by atoms with Crippen molar-refractivity contribution in [1.29, 1.82) is 0 Å². The summed E-state index contributed by atoms with van der Waals surface area (Å²) in [5.74, 6) is -0.906. The Labute approximate surface area is 150 Å². The van der Waals surface area contributed by atoms with Crippen molar-refractivity contribution in [3.63, 3.8) is 0 Å². The van der Waals surface area contributed by atoms with Crippen LogP contribution >= 0.6 is 0 Å². The molecular weight excluding hydrogens is 371 g/mol. The average Bonchev–Trinajstić information content (AvgIpc) is 3.11. The smallest absolute Gasteiger partial charge is 0.343 e. The molecule has 0 spiro atoms. The summed E-state index contributed by atoms with van der Waals surface area (Å²) in [4.78, 5) is 11.7. The number of amides is 1. The van der Waals surface area contributed by atoms with E-state index in [1.165, 1.54) is 28.6 Å². The molecule has 2 rings (SSSR count). The Morgan fingerprint density at radius 3 is 2.46 bits per heavy atom. The van der Waals surface area contributed by atoms with Gasteiger partial charge in [0.15, 0.2) is 0 Å². The number of halogens is 3. The normalized spacial score (nSPS) is 18.3. The van der Waals surface area contributed by atoms with E-state index in [1.807, 2.05) is 6.92 Å². The molecule has 1 aromatic carbocycles. The number of benzene rings is 1. The zero-order valence-electron chi connectivity index (χ0n) is 14.3. The fourth-order valence-corrected chi connectivity index (χ4v) is 4.55. The van der Waals surface area contributed by atoms with E-state index in [0.29, 0.717) is 19.5 Å². The van der Waals surface area contributed by atoms with Crippen LogP contribution in [0.25, 0.3) is 0 Å². The first kappa shape index (κ1) is 20.7. The zero-order valence-corrected chi connectivity index (χ0v) is 15.2. The molecule has 2 N–H and O–H groups in total. The Hall–Kier alpha value is -1.65. The number of sulfonamides is 1. The molecular formula is C16H22F3N3O3S. The van der Waals surface area contributed by atoms with E-state index in [2.05, 4.69) is 5.32 Å². The molecule has 1 fully saturated rings. The van der Waals surface area contributed by atoms with Gasteiger partial charge < -0.3 is 10.6 Å². The molecule has 1 saturated heterocycles. The second kappa shape index (κ2) is 8.36. The number of carbonyl (C=O) groups excluding carboxylic acids is 1. The van der Waals surface area contributed by atoms with Crippen LogP contribution in [0.5, 0.6) is 0 Å². The monoisotopic (exact) mass is 393 g/mol. The molecule has 1 amide bonds. The average molecular weight is 393 g/mol.